The molecule has 1 aromatic heterocycles. The summed E-state index contributed by atoms with van der Waals surface area (Å²) >= 11 is 3.35. The van der Waals surface area contributed by atoms with Gasteiger partial charge >= 0.3 is 0 Å². The summed E-state index contributed by atoms with van der Waals surface area (Å²) < 4.78 is 2.03. The van der Waals surface area contributed by atoms with E-state index in [1.165, 1.54) is 0 Å². The molecule has 4 heteroatoms. The Morgan fingerprint density at radius 1 is 1.45 bits per heavy atom. The standard InChI is InChI=1S/C7H12BrN3/c1-5(2)7-10-9-6(4-8)11(7)3/h5H,4H2,1-3H3. The van der Waals surface area contributed by atoms with Crippen LogP contribution in [0.3, 0.4) is 0 Å². The van der Waals surface area contributed by atoms with Crippen LogP contribution in [0.15, 0.2) is 0 Å². The molecule has 0 fully saturated rings. The molecular weight excluding hydrogens is 206 g/mol. The van der Waals surface area contributed by atoms with Crippen LogP contribution in [-0.2, 0) is 12.4 Å². The number of rotatable bonds is 2. The average molecular weight is 218 g/mol. The molecule has 0 aromatic carbocycles. The van der Waals surface area contributed by atoms with Crippen molar-refractivity contribution in [3.8, 4) is 0 Å². The van der Waals surface area contributed by atoms with Gasteiger partial charge in [0.25, 0.3) is 0 Å². The maximum Gasteiger partial charge on any atom is 0.143 e. The highest BCUT2D eigenvalue weighted by molar-refractivity contribution is 9.08. The van der Waals surface area contributed by atoms with Gasteiger partial charge in [0.1, 0.15) is 11.6 Å². The maximum atomic E-state index is 4.07. The lowest BCUT2D eigenvalue weighted by molar-refractivity contribution is 0.699. The zero-order chi connectivity index (χ0) is 8.43. The highest BCUT2D eigenvalue weighted by Gasteiger charge is 2.09. The normalized spacial score (nSPS) is 11.0. The van der Waals surface area contributed by atoms with Gasteiger partial charge in [-0.3, -0.25) is 0 Å². The molecule has 0 saturated carbocycles. The Balaban J connectivity index is 3.00. The summed E-state index contributed by atoms with van der Waals surface area (Å²) in [7, 11) is 1.99. The molecule has 1 rings (SSSR count). The Morgan fingerprint density at radius 3 is 2.36 bits per heavy atom. The molecule has 0 aliphatic rings. The number of hydrogen-bond donors (Lipinski definition) is 0. The van der Waals surface area contributed by atoms with Crippen molar-refractivity contribution in [2.24, 2.45) is 7.05 Å². The van der Waals surface area contributed by atoms with Gasteiger partial charge in [0.2, 0.25) is 0 Å². The topological polar surface area (TPSA) is 30.7 Å². The highest BCUT2D eigenvalue weighted by Crippen LogP contribution is 2.12. The van der Waals surface area contributed by atoms with Crippen molar-refractivity contribution in [3.05, 3.63) is 11.6 Å². The number of halogens is 1. The minimum Gasteiger partial charge on any atom is -0.317 e. The minimum atomic E-state index is 0.445. The summed E-state index contributed by atoms with van der Waals surface area (Å²) in [5.41, 5.74) is 0. The van der Waals surface area contributed by atoms with Crippen molar-refractivity contribution in [1.29, 1.82) is 0 Å². The number of nitrogens with zero attached hydrogens (tertiary/aromatic N) is 3. The minimum absolute atomic E-state index is 0.445. The van der Waals surface area contributed by atoms with Crippen LogP contribution in [0.25, 0.3) is 0 Å². The van der Waals surface area contributed by atoms with Gasteiger partial charge < -0.3 is 4.57 Å². The lowest BCUT2D eigenvalue weighted by Gasteiger charge is -2.03. The van der Waals surface area contributed by atoms with Crippen LogP contribution in [0, 0.1) is 0 Å². The van der Waals surface area contributed by atoms with Gasteiger partial charge in [-0.05, 0) is 0 Å². The van der Waals surface area contributed by atoms with Gasteiger partial charge in [-0.15, -0.1) is 10.2 Å². The van der Waals surface area contributed by atoms with Crippen molar-refractivity contribution >= 4 is 15.9 Å². The molecule has 0 amide bonds. The molecule has 0 aliphatic heterocycles. The van der Waals surface area contributed by atoms with E-state index < -0.39 is 0 Å². The fourth-order valence-electron chi connectivity index (χ4n) is 0.994. The third-order valence-corrected chi connectivity index (χ3v) is 2.14. The molecule has 0 spiro atoms. The van der Waals surface area contributed by atoms with Crippen LogP contribution in [0.5, 0.6) is 0 Å². The molecule has 0 aliphatic carbocycles. The fraction of sp³-hybridized carbons (Fsp3) is 0.714. The van der Waals surface area contributed by atoms with Crippen molar-refractivity contribution < 1.29 is 0 Å². The van der Waals surface area contributed by atoms with Crippen LogP contribution in [-0.4, -0.2) is 14.8 Å². The lowest BCUT2D eigenvalue weighted by Crippen LogP contribution is -2.02. The molecule has 0 unspecified atom stereocenters. The zero-order valence-electron chi connectivity index (χ0n) is 7.00. The van der Waals surface area contributed by atoms with Crippen LogP contribution < -0.4 is 0 Å². The van der Waals surface area contributed by atoms with E-state index in [9.17, 15) is 0 Å². The van der Waals surface area contributed by atoms with Crippen molar-refractivity contribution in [1.82, 2.24) is 14.8 Å². The molecule has 1 heterocycles. The summed E-state index contributed by atoms with van der Waals surface area (Å²) in [4.78, 5) is 0. The van der Waals surface area contributed by atoms with Gasteiger partial charge in [0, 0.05) is 13.0 Å². The highest BCUT2D eigenvalue weighted by atomic mass is 79.9. The van der Waals surface area contributed by atoms with Crippen molar-refractivity contribution in [3.63, 3.8) is 0 Å². The summed E-state index contributed by atoms with van der Waals surface area (Å²) in [5.74, 6) is 2.47. The second kappa shape index (κ2) is 3.34. The Morgan fingerprint density at radius 2 is 2.09 bits per heavy atom. The van der Waals surface area contributed by atoms with Gasteiger partial charge in [0.05, 0.1) is 5.33 Å². The molecule has 11 heavy (non-hydrogen) atoms. The first kappa shape index (κ1) is 8.71. The molecule has 1 aromatic rings. The van der Waals surface area contributed by atoms with Crippen LogP contribution in [0.1, 0.15) is 31.4 Å². The third kappa shape index (κ3) is 1.61. The number of alkyl halides is 1. The third-order valence-electron chi connectivity index (χ3n) is 1.63. The first-order valence-corrected chi connectivity index (χ1v) is 4.73. The second-order valence-corrected chi connectivity index (χ2v) is 3.38. The van der Waals surface area contributed by atoms with E-state index in [0.717, 1.165) is 17.0 Å². The Kier molecular flexibility index (Phi) is 2.65. The largest absolute Gasteiger partial charge is 0.317 e. The van der Waals surface area contributed by atoms with Gasteiger partial charge in [0.15, 0.2) is 0 Å². The molecule has 62 valence electrons. The molecule has 0 bridgehead atoms. The van der Waals surface area contributed by atoms with Crippen LogP contribution in [0.4, 0.5) is 0 Å². The monoisotopic (exact) mass is 217 g/mol. The Bertz CT molecular complexity index is 242. The summed E-state index contributed by atoms with van der Waals surface area (Å²) in [5, 5.41) is 8.86. The predicted molar refractivity (Wildman–Crippen MR) is 47.7 cm³/mol. The molecule has 0 radical (unpaired) electrons. The second-order valence-electron chi connectivity index (χ2n) is 2.82. The summed E-state index contributed by atoms with van der Waals surface area (Å²) in [6, 6.07) is 0. The number of aromatic nitrogens is 3. The summed E-state index contributed by atoms with van der Waals surface area (Å²) in [6.45, 7) is 4.23. The van der Waals surface area contributed by atoms with E-state index in [-0.39, 0.29) is 0 Å². The van der Waals surface area contributed by atoms with E-state index in [4.69, 9.17) is 0 Å². The molecule has 0 atom stereocenters. The molecule has 0 N–H and O–H groups in total. The fourth-order valence-corrected chi connectivity index (χ4v) is 1.48. The predicted octanol–water partition coefficient (Wildman–Crippen LogP) is 1.83. The SMILES string of the molecule is CC(C)c1nnc(CBr)n1C. The van der Waals surface area contributed by atoms with Crippen molar-refractivity contribution in [2.75, 3.05) is 0 Å². The average Bonchev–Trinajstić information content (AvgIpc) is 2.30. The van der Waals surface area contributed by atoms with E-state index >= 15 is 0 Å². The first-order chi connectivity index (χ1) is 5.16. The van der Waals surface area contributed by atoms with Crippen LogP contribution in [0.2, 0.25) is 0 Å². The van der Waals surface area contributed by atoms with Gasteiger partial charge in [-0.25, -0.2) is 0 Å². The van der Waals surface area contributed by atoms with Crippen LogP contribution >= 0.6 is 15.9 Å². The van der Waals surface area contributed by atoms with E-state index in [1.54, 1.807) is 0 Å². The first-order valence-electron chi connectivity index (χ1n) is 3.61. The molecular formula is C7H12BrN3. The lowest BCUT2D eigenvalue weighted by atomic mass is 10.2. The Labute approximate surface area is 75.0 Å². The zero-order valence-corrected chi connectivity index (χ0v) is 8.59. The number of hydrogen-bond acceptors (Lipinski definition) is 2. The Hall–Kier alpha value is -0.380. The van der Waals surface area contributed by atoms with Gasteiger partial charge in [-0.1, -0.05) is 29.8 Å². The quantitative estimate of drug-likeness (QED) is 0.709. The molecule has 3 nitrogen and oxygen atoms in total. The van der Waals surface area contributed by atoms with Gasteiger partial charge in [-0.2, -0.15) is 0 Å². The smallest absolute Gasteiger partial charge is 0.143 e. The van der Waals surface area contributed by atoms with E-state index in [2.05, 4.69) is 40.0 Å². The van der Waals surface area contributed by atoms with E-state index in [0.29, 0.717) is 5.92 Å². The van der Waals surface area contributed by atoms with Crippen molar-refractivity contribution in [2.45, 2.75) is 25.1 Å². The summed E-state index contributed by atoms with van der Waals surface area (Å²) in [6.07, 6.45) is 0. The molecule has 0 saturated heterocycles. The van der Waals surface area contributed by atoms with E-state index in [1.807, 2.05) is 11.6 Å². The maximum absolute atomic E-state index is 4.07.